The summed E-state index contributed by atoms with van der Waals surface area (Å²) in [5, 5.41) is 0. The summed E-state index contributed by atoms with van der Waals surface area (Å²) in [6, 6.07) is 0. The number of hydrogen-bond donors (Lipinski definition) is 0. The minimum absolute atomic E-state index is 0.756. The molecule has 0 spiro atoms. The van der Waals surface area contributed by atoms with Gasteiger partial charge in [-0.1, -0.05) is 6.42 Å². The fourth-order valence-corrected chi connectivity index (χ4v) is 1.11. The van der Waals surface area contributed by atoms with E-state index in [1.54, 1.807) is 12.5 Å². The van der Waals surface area contributed by atoms with Crippen molar-refractivity contribution in [2.24, 2.45) is 0 Å². The van der Waals surface area contributed by atoms with E-state index in [0.717, 1.165) is 37.5 Å². The second-order valence-electron chi connectivity index (χ2n) is 2.43. The summed E-state index contributed by atoms with van der Waals surface area (Å²) in [5.74, 6) is 1.59. The molecule has 0 N–H and O–H groups in total. The Labute approximate surface area is 71.6 Å². The van der Waals surface area contributed by atoms with Crippen molar-refractivity contribution in [3.05, 3.63) is 18.4 Å². The Hall–Kier alpha value is -0.500. The predicted octanol–water partition coefficient (Wildman–Crippen LogP) is 2.63. The molecule has 0 amide bonds. The van der Waals surface area contributed by atoms with Crippen LogP contribution in [0, 0.1) is 0 Å². The summed E-state index contributed by atoms with van der Waals surface area (Å²) in [5.41, 5.74) is 0. The molecular weight excluding hydrogens is 162 g/mol. The molecule has 0 aliphatic carbocycles. The van der Waals surface area contributed by atoms with Crippen LogP contribution in [0.2, 0.25) is 0 Å². The van der Waals surface area contributed by atoms with Crippen LogP contribution in [-0.2, 0) is 6.42 Å². The average molecular weight is 174 g/mol. The molecule has 0 unspecified atom stereocenters. The summed E-state index contributed by atoms with van der Waals surface area (Å²) in [7, 11) is 0. The molecule has 0 saturated heterocycles. The molecule has 0 fully saturated rings. The lowest BCUT2D eigenvalue weighted by atomic mass is 10.2. The number of hydrogen-bond acceptors (Lipinski definition) is 2. The molecule has 0 saturated carbocycles. The molecule has 1 heterocycles. The van der Waals surface area contributed by atoms with Gasteiger partial charge in [0.2, 0.25) is 0 Å². The van der Waals surface area contributed by atoms with Crippen molar-refractivity contribution in [3.8, 4) is 0 Å². The molecule has 0 radical (unpaired) electrons. The van der Waals surface area contributed by atoms with Gasteiger partial charge < -0.3 is 4.42 Å². The van der Waals surface area contributed by atoms with E-state index in [1.165, 1.54) is 0 Å². The van der Waals surface area contributed by atoms with Crippen LogP contribution in [0.1, 0.15) is 25.2 Å². The van der Waals surface area contributed by atoms with E-state index in [2.05, 4.69) is 4.98 Å². The Morgan fingerprint density at radius 3 is 2.91 bits per heavy atom. The minimum atomic E-state index is 0.756. The number of alkyl halides is 1. The van der Waals surface area contributed by atoms with E-state index in [1.807, 2.05) is 0 Å². The van der Waals surface area contributed by atoms with Crippen molar-refractivity contribution in [2.45, 2.75) is 25.7 Å². The third-order valence-corrected chi connectivity index (χ3v) is 1.77. The lowest BCUT2D eigenvalue weighted by molar-refractivity contribution is 0.482. The zero-order valence-electron chi connectivity index (χ0n) is 6.42. The Morgan fingerprint density at radius 1 is 1.36 bits per heavy atom. The topological polar surface area (TPSA) is 26.0 Å². The highest BCUT2D eigenvalue weighted by Gasteiger charge is 1.95. The summed E-state index contributed by atoms with van der Waals surface area (Å²) in [4.78, 5) is 4.01. The van der Waals surface area contributed by atoms with Gasteiger partial charge >= 0.3 is 0 Å². The maximum Gasteiger partial charge on any atom is 0.193 e. The van der Waals surface area contributed by atoms with Gasteiger partial charge in [0, 0.05) is 12.3 Å². The van der Waals surface area contributed by atoms with Crippen LogP contribution >= 0.6 is 11.6 Å². The van der Waals surface area contributed by atoms with E-state index >= 15 is 0 Å². The second kappa shape index (κ2) is 5.19. The van der Waals surface area contributed by atoms with Crippen molar-refractivity contribution < 1.29 is 4.42 Å². The number of halogens is 1. The van der Waals surface area contributed by atoms with Crippen molar-refractivity contribution >= 4 is 11.6 Å². The fraction of sp³-hybridized carbons (Fsp3) is 0.625. The first-order chi connectivity index (χ1) is 5.43. The van der Waals surface area contributed by atoms with Crippen LogP contribution in [0.3, 0.4) is 0 Å². The van der Waals surface area contributed by atoms with Crippen LogP contribution in [0.5, 0.6) is 0 Å². The van der Waals surface area contributed by atoms with Gasteiger partial charge in [0.25, 0.3) is 0 Å². The highest BCUT2D eigenvalue weighted by molar-refractivity contribution is 6.17. The highest BCUT2D eigenvalue weighted by Crippen LogP contribution is 2.04. The summed E-state index contributed by atoms with van der Waals surface area (Å²) < 4.78 is 5.07. The number of unbranched alkanes of at least 4 members (excludes halogenated alkanes) is 2. The largest absolute Gasteiger partial charge is 0.449 e. The first-order valence-electron chi connectivity index (χ1n) is 3.88. The molecule has 0 aromatic carbocycles. The maximum atomic E-state index is 5.52. The van der Waals surface area contributed by atoms with E-state index in [4.69, 9.17) is 16.0 Å². The minimum Gasteiger partial charge on any atom is -0.449 e. The first-order valence-corrected chi connectivity index (χ1v) is 4.41. The zero-order valence-corrected chi connectivity index (χ0v) is 7.18. The first kappa shape index (κ1) is 8.60. The summed E-state index contributed by atoms with van der Waals surface area (Å²) >= 11 is 5.52. The van der Waals surface area contributed by atoms with Gasteiger partial charge in [-0.05, 0) is 12.8 Å². The third-order valence-electron chi connectivity index (χ3n) is 1.51. The third kappa shape index (κ3) is 3.42. The van der Waals surface area contributed by atoms with Gasteiger partial charge in [-0.25, -0.2) is 4.98 Å². The average Bonchev–Trinajstić information content (AvgIpc) is 2.50. The Kier molecular flexibility index (Phi) is 4.06. The highest BCUT2D eigenvalue weighted by atomic mass is 35.5. The number of rotatable bonds is 5. The molecule has 0 aliphatic rings. The molecule has 3 heteroatoms. The molecule has 62 valence electrons. The fourth-order valence-electron chi connectivity index (χ4n) is 0.924. The molecule has 1 rings (SSSR count). The SMILES string of the molecule is ClCCCCCc1ncco1. The Morgan fingerprint density at radius 2 is 2.27 bits per heavy atom. The van der Waals surface area contributed by atoms with Gasteiger partial charge in [0.15, 0.2) is 5.89 Å². The van der Waals surface area contributed by atoms with Gasteiger partial charge in [-0.3, -0.25) is 0 Å². The molecular formula is C8H12ClNO. The standard InChI is InChI=1S/C8H12ClNO/c9-5-3-1-2-4-8-10-6-7-11-8/h6-7H,1-5H2. The van der Waals surface area contributed by atoms with E-state index in [9.17, 15) is 0 Å². The number of oxazole rings is 1. The van der Waals surface area contributed by atoms with Crippen LogP contribution in [0.4, 0.5) is 0 Å². The molecule has 0 bridgehead atoms. The van der Waals surface area contributed by atoms with E-state index in [-0.39, 0.29) is 0 Å². The molecule has 2 nitrogen and oxygen atoms in total. The van der Waals surface area contributed by atoms with Crippen molar-refractivity contribution in [1.29, 1.82) is 0 Å². The molecule has 0 aliphatic heterocycles. The number of aromatic nitrogens is 1. The van der Waals surface area contributed by atoms with E-state index in [0.29, 0.717) is 0 Å². The number of nitrogens with zero attached hydrogens (tertiary/aromatic N) is 1. The summed E-state index contributed by atoms with van der Waals surface area (Å²) in [6.45, 7) is 0. The van der Waals surface area contributed by atoms with Crippen LogP contribution in [0.25, 0.3) is 0 Å². The summed E-state index contributed by atoms with van der Waals surface area (Å²) in [6.07, 6.45) is 7.58. The Bertz CT molecular complexity index is 174. The predicted molar refractivity (Wildman–Crippen MR) is 44.8 cm³/mol. The zero-order chi connectivity index (χ0) is 7.94. The van der Waals surface area contributed by atoms with Crippen molar-refractivity contribution in [1.82, 2.24) is 4.98 Å². The molecule has 1 aromatic rings. The quantitative estimate of drug-likeness (QED) is 0.506. The van der Waals surface area contributed by atoms with Crippen molar-refractivity contribution in [2.75, 3.05) is 5.88 Å². The van der Waals surface area contributed by atoms with E-state index < -0.39 is 0 Å². The van der Waals surface area contributed by atoms with Crippen LogP contribution in [0.15, 0.2) is 16.9 Å². The Balaban J connectivity index is 2.04. The van der Waals surface area contributed by atoms with Crippen molar-refractivity contribution in [3.63, 3.8) is 0 Å². The maximum absolute atomic E-state index is 5.52. The van der Waals surface area contributed by atoms with Gasteiger partial charge in [-0.2, -0.15) is 0 Å². The lowest BCUT2D eigenvalue weighted by Crippen LogP contribution is -1.85. The normalized spacial score (nSPS) is 10.3. The lowest BCUT2D eigenvalue weighted by Gasteiger charge is -1.93. The number of aryl methyl sites for hydroxylation is 1. The molecule has 11 heavy (non-hydrogen) atoms. The van der Waals surface area contributed by atoms with Gasteiger partial charge in [0.05, 0.1) is 6.20 Å². The van der Waals surface area contributed by atoms with Gasteiger partial charge in [0.1, 0.15) is 6.26 Å². The smallest absolute Gasteiger partial charge is 0.193 e. The van der Waals surface area contributed by atoms with Crippen LogP contribution < -0.4 is 0 Å². The van der Waals surface area contributed by atoms with Gasteiger partial charge in [-0.15, -0.1) is 11.6 Å². The second-order valence-corrected chi connectivity index (χ2v) is 2.80. The molecule has 1 aromatic heterocycles. The monoisotopic (exact) mass is 173 g/mol. The molecule has 0 atom stereocenters. The van der Waals surface area contributed by atoms with Crippen LogP contribution in [-0.4, -0.2) is 10.9 Å².